The first kappa shape index (κ1) is 12.3. The van der Waals surface area contributed by atoms with Crippen molar-refractivity contribution >= 4 is 6.03 Å². The van der Waals surface area contributed by atoms with Crippen molar-refractivity contribution < 1.29 is 15.0 Å². The molecule has 0 aliphatic carbocycles. The number of hydrogen-bond donors (Lipinski definition) is 3. The van der Waals surface area contributed by atoms with Gasteiger partial charge in [0.1, 0.15) is 0 Å². The van der Waals surface area contributed by atoms with Gasteiger partial charge >= 0.3 is 6.03 Å². The molecule has 88 valence electrons. The molecule has 0 aromatic heterocycles. The number of nitrogens with zero attached hydrogens (tertiary/aromatic N) is 1. The molecule has 1 heterocycles. The van der Waals surface area contributed by atoms with Gasteiger partial charge in [-0.25, -0.2) is 4.79 Å². The minimum Gasteiger partial charge on any atom is -0.394 e. The largest absolute Gasteiger partial charge is 0.394 e. The van der Waals surface area contributed by atoms with E-state index in [0.717, 1.165) is 25.9 Å². The fourth-order valence-electron chi connectivity index (χ4n) is 1.67. The molecule has 1 rings (SSSR count). The van der Waals surface area contributed by atoms with Gasteiger partial charge in [-0.2, -0.15) is 0 Å². The molecule has 1 aliphatic rings. The highest BCUT2D eigenvalue weighted by molar-refractivity contribution is 5.75. The Balaban J connectivity index is 2.53. The lowest BCUT2D eigenvalue weighted by Gasteiger charge is -2.31. The second kappa shape index (κ2) is 5.32. The molecule has 0 aromatic rings. The lowest BCUT2D eigenvalue weighted by molar-refractivity contribution is 0.0878. The molecule has 5 nitrogen and oxygen atoms in total. The number of rotatable bonds is 4. The van der Waals surface area contributed by atoms with Crippen LogP contribution in [0.2, 0.25) is 0 Å². The first-order valence-corrected chi connectivity index (χ1v) is 5.46. The van der Waals surface area contributed by atoms with Crippen molar-refractivity contribution in [3.05, 3.63) is 0 Å². The molecule has 0 atom stereocenters. The summed E-state index contributed by atoms with van der Waals surface area (Å²) in [6, 6.07) is -0.183. The quantitative estimate of drug-likeness (QED) is 0.615. The lowest BCUT2D eigenvalue weighted by atomic mass is 9.99. The monoisotopic (exact) mass is 216 g/mol. The maximum Gasteiger partial charge on any atom is 0.317 e. The fraction of sp³-hybridized carbons (Fsp3) is 0.900. The number of carbonyl (C=O) groups is 1. The standard InChI is InChI=1S/C10H20N2O3/c1-2-10(7-13,8-14)11-9(15)12-5-3-4-6-12/h13-14H,2-8H2,1H3,(H,11,15). The van der Waals surface area contributed by atoms with Crippen molar-refractivity contribution in [1.82, 2.24) is 10.2 Å². The Hall–Kier alpha value is -0.810. The van der Waals surface area contributed by atoms with Crippen molar-refractivity contribution in [2.75, 3.05) is 26.3 Å². The second-order valence-electron chi connectivity index (χ2n) is 4.07. The highest BCUT2D eigenvalue weighted by atomic mass is 16.3. The lowest BCUT2D eigenvalue weighted by Crippen LogP contribution is -2.57. The van der Waals surface area contributed by atoms with Gasteiger partial charge in [0.05, 0.1) is 18.8 Å². The third-order valence-electron chi connectivity index (χ3n) is 3.05. The molecule has 5 heteroatoms. The zero-order valence-corrected chi connectivity index (χ0v) is 9.20. The summed E-state index contributed by atoms with van der Waals surface area (Å²) < 4.78 is 0. The number of aliphatic hydroxyl groups excluding tert-OH is 2. The summed E-state index contributed by atoms with van der Waals surface area (Å²) >= 11 is 0. The van der Waals surface area contributed by atoms with Crippen molar-refractivity contribution in [3.63, 3.8) is 0 Å². The first-order valence-electron chi connectivity index (χ1n) is 5.46. The van der Waals surface area contributed by atoms with Gasteiger partial charge in [-0.3, -0.25) is 0 Å². The molecule has 0 radical (unpaired) electrons. The summed E-state index contributed by atoms with van der Waals surface area (Å²) in [7, 11) is 0. The Morgan fingerprint density at radius 2 is 1.87 bits per heavy atom. The number of urea groups is 1. The van der Waals surface area contributed by atoms with Gasteiger partial charge < -0.3 is 20.4 Å². The van der Waals surface area contributed by atoms with Crippen LogP contribution in [-0.2, 0) is 0 Å². The average molecular weight is 216 g/mol. The van der Waals surface area contributed by atoms with E-state index in [9.17, 15) is 15.0 Å². The molecule has 0 bridgehead atoms. The number of hydrogen-bond acceptors (Lipinski definition) is 3. The zero-order chi connectivity index (χ0) is 11.3. The molecule has 0 unspecified atom stereocenters. The molecule has 3 N–H and O–H groups in total. The van der Waals surface area contributed by atoms with E-state index in [4.69, 9.17) is 0 Å². The van der Waals surface area contributed by atoms with E-state index in [-0.39, 0.29) is 19.2 Å². The van der Waals surface area contributed by atoms with Crippen LogP contribution in [0.4, 0.5) is 4.79 Å². The van der Waals surface area contributed by atoms with Crippen molar-refractivity contribution in [3.8, 4) is 0 Å². The van der Waals surface area contributed by atoms with E-state index in [1.807, 2.05) is 6.92 Å². The topological polar surface area (TPSA) is 72.8 Å². The smallest absolute Gasteiger partial charge is 0.317 e. The SMILES string of the molecule is CCC(CO)(CO)NC(=O)N1CCCC1. The van der Waals surface area contributed by atoms with Crippen LogP contribution in [0, 0.1) is 0 Å². The number of nitrogens with one attached hydrogen (secondary N) is 1. The number of amides is 2. The molecule has 0 spiro atoms. The van der Waals surface area contributed by atoms with Gasteiger partial charge in [-0.15, -0.1) is 0 Å². The fourth-order valence-corrected chi connectivity index (χ4v) is 1.67. The van der Waals surface area contributed by atoms with Gasteiger partial charge in [-0.1, -0.05) is 6.92 Å². The minimum atomic E-state index is -0.875. The van der Waals surface area contributed by atoms with Crippen LogP contribution in [-0.4, -0.2) is 53.0 Å². The first-order chi connectivity index (χ1) is 7.17. The van der Waals surface area contributed by atoms with E-state index < -0.39 is 5.54 Å². The summed E-state index contributed by atoms with van der Waals surface area (Å²) in [4.78, 5) is 13.4. The average Bonchev–Trinajstić information content (AvgIpc) is 2.79. The molecule has 0 saturated carbocycles. The maximum absolute atomic E-state index is 11.7. The normalized spacial score (nSPS) is 16.9. The summed E-state index contributed by atoms with van der Waals surface area (Å²) in [6.45, 7) is 2.89. The molecule has 1 aliphatic heterocycles. The van der Waals surface area contributed by atoms with E-state index in [1.165, 1.54) is 0 Å². The van der Waals surface area contributed by atoms with E-state index >= 15 is 0 Å². The van der Waals surface area contributed by atoms with Crippen molar-refractivity contribution in [2.24, 2.45) is 0 Å². The number of carbonyl (C=O) groups excluding carboxylic acids is 1. The Morgan fingerprint density at radius 3 is 2.27 bits per heavy atom. The van der Waals surface area contributed by atoms with Gasteiger partial charge in [0.25, 0.3) is 0 Å². The van der Waals surface area contributed by atoms with Gasteiger partial charge in [0.2, 0.25) is 0 Å². The molecule has 15 heavy (non-hydrogen) atoms. The third-order valence-corrected chi connectivity index (χ3v) is 3.05. The highest BCUT2D eigenvalue weighted by Gasteiger charge is 2.31. The van der Waals surface area contributed by atoms with Crippen LogP contribution in [0.15, 0.2) is 0 Å². The molecule has 0 aromatic carbocycles. The maximum atomic E-state index is 11.7. The van der Waals surface area contributed by atoms with Crippen LogP contribution in [0.3, 0.4) is 0 Å². The molecule has 1 fully saturated rings. The van der Waals surface area contributed by atoms with Crippen LogP contribution in [0.1, 0.15) is 26.2 Å². The molecular formula is C10H20N2O3. The van der Waals surface area contributed by atoms with Gasteiger partial charge in [0.15, 0.2) is 0 Å². The van der Waals surface area contributed by atoms with E-state index in [0.29, 0.717) is 6.42 Å². The van der Waals surface area contributed by atoms with Crippen molar-refractivity contribution in [1.29, 1.82) is 0 Å². The minimum absolute atomic E-state index is 0.183. The number of aliphatic hydroxyl groups is 2. The number of likely N-dealkylation sites (tertiary alicyclic amines) is 1. The second-order valence-corrected chi connectivity index (χ2v) is 4.07. The van der Waals surface area contributed by atoms with Crippen LogP contribution < -0.4 is 5.32 Å². The summed E-state index contributed by atoms with van der Waals surface area (Å²) in [5.41, 5.74) is -0.875. The summed E-state index contributed by atoms with van der Waals surface area (Å²) in [5, 5.41) is 21.1. The van der Waals surface area contributed by atoms with Crippen LogP contribution >= 0.6 is 0 Å². The van der Waals surface area contributed by atoms with Gasteiger partial charge in [0, 0.05) is 13.1 Å². The highest BCUT2D eigenvalue weighted by Crippen LogP contribution is 2.12. The van der Waals surface area contributed by atoms with Crippen LogP contribution in [0.25, 0.3) is 0 Å². The van der Waals surface area contributed by atoms with E-state index in [2.05, 4.69) is 5.32 Å². The predicted molar refractivity (Wildman–Crippen MR) is 56.5 cm³/mol. The molecule has 2 amide bonds. The Bertz CT molecular complexity index is 202. The molecule has 1 saturated heterocycles. The summed E-state index contributed by atoms with van der Waals surface area (Å²) in [6.07, 6.45) is 2.58. The van der Waals surface area contributed by atoms with Crippen molar-refractivity contribution in [2.45, 2.75) is 31.7 Å². The van der Waals surface area contributed by atoms with Gasteiger partial charge in [-0.05, 0) is 19.3 Å². The third kappa shape index (κ3) is 2.82. The zero-order valence-electron chi connectivity index (χ0n) is 9.20. The van der Waals surface area contributed by atoms with E-state index in [1.54, 1.807) is 4.90 Å². The Labute approximate surface area is 90.1 Å². The predicted octanol–water partition coefficient (Wildman–Crippen LogP) is -0.0748. The Kier molecular flexibility index (Phi) is 4.35. The van der Waals surface area contributed by atoms with Crippen LogP contribution in [0.5, 0.6) is 0 Å². The summed E-state index contributed by atoms with van der Waals surface area (Å²) in [5.74, 6) is 0. The Morgan fingerprint density at radius 1 is 1.33 bits per heavy atom. The molecular weight excluding hydrogens is 196 g/mol.